The molecular weight excluding hydrogens is 351 g/mol. The highest BCUT2D eigenvalue weighted by Gasteiger charge is 2.26. The fourth-order valence-electron chi connectivity index (χ4n) is 2.65. The molecule has 4 heteroatoms. The first kappa shape index (κ1) is 14.8. The molecule has 3 nitrogen and oxygen atoms in total. The number of nitrogens with zero attached hydrogens (tertiary/aromatic N) is 1. The van der Waals surface area contributed by atoms with E-state index in [9.17, 15) is 4.79 Å². The van der Waals surface area contributed by atoms with Crippen molar-refractivity contribution in [3.8, 4) is 0 Å². The summed E-state index contributed by atoms with van der Waals surface area (Å²) in [5, 5.41) is 3.35. The number of rotatable bonds is 3. The highest BCUT2D eigenvalue weighted by Crippen LogP contribution is 2.21. The quantitative estimate of drug-likeness (QED) is 0.828. The van der Waals surface area contributed by atoms with Gasteiger partial charge in [-0.2, -0.15) is 0 Å². The van der Waals surface area contributed by atoms with E-state index >= 15 is 0 Å². The van der Waals surface area contributed by atoms with Crippen molar-refractivity contribution in [2.75, 3.05) is 19.6 Å². The summed E-state index contributed by atoms with van der Waals surface area (Å²) in [5.74, 6) is 0.183. The van der Waals surface area contributed by atoms with Gasteiger partial charge in [0.25, 0.3) is 5.91 Å². The molecule has 1 N–H and O–H groups in total. The third-order valence-electron chi connectivity index (χ3n) is 3.77. The largest absolute Gasteiger partial charge is 0.336 e. The third kappa shape index (κ3) is 3.28. The SMILES string of the molecule is CCN(C(=O)c1cccc(C)c1I)C1CCNCC1. The van der Waals surface area contributed by atoms with Crippen LogP contribution in [0.5, 0.6) is 0 Å². The van der Waals surface area contributed by atoms with Gasteiger partial charge in [0.15, 0.2) is 0 Å². The molecule has 0 atom stereocenters. The van der Waals surface area contributed by atoms with Crippen LogP contribution >= 0.6 is 22.6 Å². The number of hydrogen-bond acceptors (Lipinski definition) is 2. The normalized spacial score (nSPS) is 16.4. The zero-order chi connectivity index (χ0) is 13.8. The molecule has 1 aromatic carbocycles. The molecular formula is C15H21IN2O. The van der Waals surface area contributed by atoms with E-state index in [1.54, 1.807) is 0 Å². The van der Waals surface area contributed by atoms with E-state index in [4.69, 9.17) is 0 Å². The Labute approximate surface area is 128 Å². The molecule has 0 spiro atoms. The number of halogens is 1. The van der Waals surface area contributed by atoms with Gasteiger partial charge in [0, 0.05) is 16.2 Å². The van der Waals surface area contributed by atoms with Crippen molar-refractivity contribution < 1.29 is 4.79 Å². The molecule has 0 saturated carbocycles. The maximum absolute atomic E-state index is 12.7. The summed E-state index contributed by atoms with van der Waals surface area (Å²) in [6.45, 7) is 6.94. The maximum Gasteiger partial charge on any atom is 0.255 e. The van der Waals surface area contributed by atoms with Crippen LogP contribution in [0.3, 0.4) is 0 Å². The lowest BCUT2D eigenvalue weighted by Crippen LogP contribution is -2.46. The summed E-state index contributed by atoms with van der Waals surface area (Å²) in [7, 11) is 0. The summed E-state index contributed by atoms with van der Waals surface area (Å²) >= 11 is 2.28. The second-order valence-electron chi connectivity index (χ2n) is 5.01. The molecule has 1 aromatic rings. The number of piperidine rings is 1. The van der Waals surface area contributed by atoms with Crippen LogP contribution < -0.4 is 5.32 Å². The number of carbonyl (C=O) groups excluding carboxylic acids is 1. The minimum atomic E-state index is 0.183. The van der Waals surface area contributed by atoms with Crippen molar-refractivity contribution in [3.05, 3.63) is 32.9 Å². The zero-order valence-electron chi connectivity index (χ0n) is 11.6. The van der Waals surface area contributed by atoms with Crippen LogP contribution in [-0.2, 0) is 0 Å². The van der Waals surface area contributed by atoms with E-state index in [1.165, 1.54) is 5.56 Å². The van der Waals surface area contributed by atoms with Crippen LogP contribution in [0, 0.1) is 10.5 Å². The minimum Gasteiger partial charge on any atom is -0.336 e. The predicted molar refractivity (Wildman–Crippen MR) is 86.5 cm³/mol. The van der Waals surface area contributed by atoms with Gasteiger partial charge in [0.2, 0.25) is 0 Å². The van der Waals surface area contributed by atoms with Gasteiger partial charge in [-0.1, -0.05) is 12.1 Å². The van der Waals surface area contributed by atoms with E-state index in [2.05, 4.69) is 47.8 Å². The standard InChI is InChI=1S/C15H21IN2O/c1-3-18(12-7-9-17-10-8-12)15(19)13-6-4-5-11(2)14(13)16/h4-6,12,17H,3,7-10H2,1-2H3. The maximum atomic E-state index is 12.7. The van der Waals surface area contributed by atoms with Crippen molar-refractivity contribution >= 4 is 28.5 Å². The lowest BCUT2D eigenvalue weighted by atomic mass is 10.0. The Morgan fingerprint density at radius 1 is 1.42 bits per heavy atom. The monoisotopic (exact) mass is 372 g/mol. The van der Waals surface area contributed by atoms with Gasteiger partial charge in [0.05, 0.1) is 5.56 Å². The van der Waals surface area contributed by atoms with Crippen molar-refractivity contribution in [2.45, 2.75) is 32.7 Å². The smallest absolute Gasteiger partial charge is 0.255 e. The second kappa shape index (κ2) is 6.70. The molecule has 1 heterocycles. The molecule has 19 heavy (non-hydrogen) atoms. The average molecular weight is 372 g/mol. The highest BCUT2D eigenvalue weighted by molar-refractivity contribution is 14.1. The molecule has 1 fully saturated rings. The number of benzene rings is 1. The molecule has 0 bridgehead atoms. The average Bonchev–Trinajstić information content (AvgIpc) is 2.44. The van der Waals surface area contributed by atoms with Gasteiger partial charge < -0.3 is 10.2 Å². The molecule has 1 aliphatic heterocycles. The number of aryl methyl sites for hydroxylation is 1. The van der Waals surface area contributed by atoms with Crippen LogP contribution in [0.2, 0.25) is 0 Å². The molecule has 1 aliphatic rings. The fraction of sp³-hybridized carbons (Fsp3) is 0.533. The van der Waals surface area contributed by atoms with Gasteiger partial charge in [-0.15, -0.1) is 0 Å². The first-order chi connectivity index (χ1) is 9.15. The van der Waals surface area contributed by atoms with Gasteiger partial charge in [-0.25, -0.2) is 0 Å². The first-order valence-corrected chi connectivity index (χ1v) is 7.99. The highest BCUT2D eigenvalue weighted by atomic mass is 127. The van der Waals surface area contributed by atoms with E-state index < -0.39 is 0 Å². The Balaban J connectivity index is 2.22. The first-order valence-electron chi connectivity index (χ1n) is 6.92. The Morgan fingerprint density at radius 2 is 2.11 bits per heavy atom. The fourth-order valence-corrected chi connectivity index (χ4v) is 3.24. The summed E-state index contributed by atoms with van der Waals surface area (Å²) in [5.41, 5.74) is 2.02. The molecule has 0 aliphatic carbocycles. The van der Waals surface area contributed by atoms with Crippen LogP contribution in [-0.4, -0.2) is 36.5 Å². The molecule has 0 aromatic heterocycles. The van der Waals surface area contributed by atoms with Crippen molar-refractivity contribution in [1.29, 1.82) is 0 Å². The van der Waals surface area contributed by atoms with Gasteiger partial charge in [-0.3, -0.25) is 4.79 Å². The van der Waals surface area contributed by atoms with Crippen LogP contribution in [0.15, 0.2) is 18.2 Å². The molecule has 0 unspecified atom stereocenters. The Hall–Kier alpha value is -0.620. The topological polar surface area (TPSA) is 32.3 Å². The van der Waals surface area contributed by atoms with Crippen molar-refractivity contribution in [1.82, 2.24) is 10.2 Å². The molecule has 2 rings (SSSR count). The Kier molecular flexibility index (Phi) is 5.21. The van der Waals surface area contributed by atoms with E-state index in [1.807, 2.05) is 17.0 Å². The summed E-state index contributed by atoms with van der Waals surface area (Å²) in [6, 6.07) is 6.36. The lowest BCUT2D eigenvalue weighted by molar-refractivity contribution is 0.0655. The number of hydrogen-bond donors (Lipinski definition) is 1. The van der Waals surface area contributed by atoms with Gasteiger partial charge in [-0.05, 0) is 74.0 Å². The number of nitrogens with one attached hydrogen (secondary N) is 1. The molecule has 0 radical (unpaired) electrons. The number of carbonyl (C=O) groups is 1. The lowest BCUT2D eigenvalue weighted by Gasteiger charge is -2.34. The van der Waals surface area contributed by atoms with Crippen LogP contribution in [0.4, 0.5) is 0 Å². The second-order valence-corrected chi connectivity index (χ2v) is 6.09. The number of amides is 1. The summed E-state index contributed by atoms with van der Waals surface area (Å²) in [4.78, 5) is 14.8. The van der Waals surface area contributed by atoms with Gasteiger partial charge >= 0.3 is 0 Å². The summed E-state index contributed by atoms with van der Waals surface area (Å²) < 4.78 is 1.08. The predicted octanol–water partition coefficient (Wildman–Crippen LogP) is 2.81. The van der Waals surface area contributed by atoms with Gasteiger partial charge in [0.1, 0.15) is 0 Å². The van der Waals surface area contributed by atoms with E-state index in [0.717, 1.165) is 41.6 Å². The minimum absolute atomic E-state index is 0.183. The van der Waals surface area contributed by atoms with Crippen molar-refractivity contribution in [3.63, 3.8) is 0 Å². The third-order valence-corrected chi connectivity index (χ3v) is 5.21. The van der Waals surface area contributed by atoms with Crippen LogP contribution in [0.25, 0.3) is 0 Å². The van der Waals surface area contributed by atoms with Crippen LogP contribution in [0.1, 0.15) is 35.7 Å². The molecule has 1 saturated heterocycles. The summed E-state index contributed by atoms with van der Waals surface area (Å²) in [6.07, 6.45) is 2.12. The Morgan fingerprint density at radius 3 is 2.74 bits per heavy atom. The zero-order valence-corrected chi connectivity index (χ0v) is 13.7. The molecule has 1 amide bonds. The Bertz CT molecular complexity index is 455. The van der Waals surface area contributed by atoms with E-state index in [-0.39, 0.29) is 5.91 Å². The molecule has 104 valence electrons. The van der Waals surface area contributed by atoms with Crippen molar-refractivity contribution in [2.24, 2.45) is 0 Å². The van der Waals surface area contributed by atoms with E-state index in [0.29, 0.717) is 6.04 Å².